The van der Waals surface area contributed by atoms with Gasteiger partial charge in [-0.1, -0.05) is 23.8 Å². The number of amides is 1. The van der Waals surface area contributed by atoms with Gasteiger partial charge in [-0.3, -0.25) is 9.69 Å². The van der Waals surface area contributed by atoms with Gasteiger partial charge in [-0.05, 0) is 69.2 Å². The van der Waals surface area contributed by atoms with Crippen LogP contribution in [0.5, 0.6) is 0 Å². The summed E-state index contributed by atoms with van der Waals surface area (Å²) in [5.41, 5.74) is 2.61. The normalized spacial score (nSPS) is 21.6. The number of allylic oxidation sites excluding steroid dienone is 1. The molecule has 136 valence electrons. The zero-order valence-electron chi connectivity index (χ0n) is 15.0. The quantitative estimate of drug-likeness (QED) is 0.790. The van der Waals surface area contributed by atoms with Gasteiger partial charge in [-0.25, -0.2) is 4.39 Å². The number of hydrogen-bond acceptors (Lipinski definition) is 2. The van der Waals surface area contributed by atoms with Gasteiger partial charge in [-0.2, -0.15) is 0 Å². The van der Waals surface area contributed by atoms with E-state index >= 15 is 0 Å². The van der Waals surface area contributed by atoms with E-state index in [-0.39, 0.29) is 17.6 Å². The largest absolute Gasteiger partial charge is 0.356 e. The summed E-state index contributed by atoms with van der Waals surface area (Å²) < 4.78 is 13.0. The predicted octanol–water partition coefficient (Wildman–Crippen LogP) is 4.04. The highest BCUT2D eigenvalue weighted by molar-refractivity contribution is 5.78. The average molecular weight is 344 g/mol. The van der Waals surface area contributed by atoms with E-state index in [1.807, 2.05) is 12.1 Å². The molecule has 1 aliphatic carbocycles. The fourth-order valence-electron chi connectivity index (χ4n) is 3.88. The van der Waals surface area contributed by atoms with E-state index in [1.165, 1.54) is 43.4 Å². The highest BCUT2D eigenvalue weighted by Crippen LogP contribution is 2.21. The smallest absolute Gasteiger partial charge is 0.224 e. The van der Waals surface area contributed by atoms with Crippen LogP contribution in [0.2, 0.25) is 0 Å². The van der Waals surface area contributed by atoms with Crippen LogP contribution in [0.1, 0.15) is 50.5 Å². The van der Waals surface area contributed by atoms with Crippen LogP contribution < -0.4 is 5.32 Å². The van der Waals surface area contributed by atoms with E-state index in [4.69, 9.17) is 0 Å². The predicted molar refractivity (Wildman–Crippen MR) is 98.6 cm³/mol. The molecule has 3 nitrogen and oxygen atoms in total. The summed E-state index contributed by atoms with van der Waals surface area (Å²) in [6, 6.07) is 6.67. The fraction of sp³-hybridized carbons (Fsp3) is 0.571. The van der Waals surface area contributed by atoms with Crippen molar-refractivity contribution in [2.24, 2.45) is 5.92 Å². The number of benzene rings is 1. The van der Waals surface area contributed by atoms with Gasteiger partial charge in [0.15, 0.2) is 0 Å². The Kier molecular flexibility index (Phi) is 6.62. The Bertz CT molecular complexity index is 596. The third-order valence-corrected chi connectivity index (χ3v) is 5.33. The molecule has 0 bridgehead atoms. The van der Waals surface area contributed by atoms with Crippen molar-refractivity contribution in [3.8, 4) is 0 Å². The van der Waals surface area contributed by atoms with Crippen LogP contribution in [0.3, 0.4) is 0 Å². The van der Waals surface area contributed by atoms with E-state index in [0.29, 0.717) is 0 Å². The van der Waals surface area contributed by atoms with E-state index in [9.17, 15) is 9.18 Å². The molecule has 1 aromatic carbocycles. The molecule has 1 unspecified atom stereocenters. The molecule has 1 saturated heterocycles. The maximum absolute atomic E-state index is 13.0. The van der Waals surface area contributed by atoms with Gasteiger partial charge in [0.25, 0.3) is 0 Å². The third-order valence-electron chi connectivity index (χ3n) is 5.33. The van der Waals surface area contributed by atoms with E-state index in [2.05, 4.69) is 16.3 Å². The number of rotatable bonds is 6. The van der Waals surface area contributed by atoms with Crippen molar-refractivity contribution in [1.82, 2.24) is 10.2 Å². The van der Waals surface area contributed by atoms with Crippen molar-refractivity contribution >= 4 is 5.91 Å². The minimum Gasteiger partial charge on any atom is -0.356 e. The summed E-state index contributed by atoms with van der Waals surface area (Å²) in [5.74, 6) is 0.0717. The number of hydrogen-bond donors (Lipinski definition) is 1. The lowest BCUT2D eigenvalue weighted by atomic mass is 9.95. The molecule has 2 aliphatic rings. The zero-order chi connectivity index (χ0) is 17.5. The summed E-state index contributed by atoms with van der Waals surface area (Å²) in [7, 11) is 0. The topological polar surface area (TPSA) is 32.3 Å². The summed E-state index contributed by atoms with van der Waals surface area (Å²) in [6.45, 7) is 3.36. The van der Waals surface area contributed by atoms with Crippen LogP contribution in [-0.2, 0) is 11.3 Å². The fourth-order valence-corrected chi connectivity index (χ4v) is 3.88. The Labute approximate surface area is 150 Å². The second kappa shape index (κ2) is 9.14. The van der Waals surface area contributed by atoms with Gasteiger partial charge in [0.2, 0.25) is 5.91 Å². The third kappa shape index (κ3) is 5.67. The van der Waals surface area contributed by atoms with E-state index in [1.54, 1.807) is 0 Å². The molecule has 0 aromatic heterocycles. The monoisotopic (exact) mass is 344 g/mol. The number of halogens is 1. The molecule has 25 heavy (non-hydrogen) atoms. The molecule has 1 N–H and O–H groups in total. The molecular formula is C21H29FN2O. The van der Waals surface area contributed by atoms with Crippen molar-refractivity contribution in [2.75, 3.05) is 19.6 Å². The summed E-state index contributed by atoms with van der Waals surface area (Å²) >= 11 is 0. The average Bonchev–Trinajstić information content (AvgIpc) is 2.65. The van der Waals surface area contributed by atoms with Crippen molar-refractivity contribution in [2.45, 2.75) is 51.5 Å². The molecule has 3 rings (SSSR count). The molecule has 1 fully saturated rings. The number of piperidine rings is 1. The maximum Gasteiger partial charge on any atom is 0.224 e. The lowest BCUT2D eigenvalue weighted by molar-refractivity contribution is -0.126. The van der Waals surface area contributed by atoms with Gasteiger partial charge in [0, 0.05) is 19.6 Å². The number of nitrogens with one attached hydrogen (secondary N) is 1. The van der Waals surface area contributed by atoms with Crippen molar-refractivity contribution in [3.63, 3.8) is 0 Å². The molecule has 0 spiro atoms. The van der Waals surface area contributed by atoms with Crippen LogP contribution in [0.25, 0.3) is 0 Å². The lowest BCUT2D eigenvalue weighted by Crippen LogP contribution is -2.42. The van der Waals surface area contributed by atoms with Crippen LogP contribution in [0.4, 0.5) is 4.39 Å². The molecule has 1 aromatic rings. The second-order valence-electron chi connectivity index (χ2n) is 7.35. The lowest BCUT2D eigenvalue weighted by Gasteiger charge is -2.32. The van der Waals surface area contributed by atoms with Crippen LogP contribution >= 0.6 is 0 Å². The molecule has 1 amide bonds. The van der Waals surface area contributed by atoms with Gasteiger partial charge >= 0.3 is 0 Å². The number of likely N-dealkylation sites (tertiary alicyclic amines) is 1. The van der Waals surface area contributed by atoms with Crippen molar-refractivity contribution in [3.05, 3.63) is 47.3 Å². The Morgan fingerprint density at radius 2 is 2.04 bits per heavy atom. The Morgan fingerprint density at radius 3 is 2.80 bits per heavy atom. The van der Waals surface area contributed by atoms with Crippen molar-refractivity contribution < 1.29 is 9.18 Å². The highest BCUT2D eigenvalue weighted by Gasteiger charge is 2.25. The highest BCUT2D eigenvalue weighted by atomic mass is 19.1. The molecule has 0 radical (unpaired) electrons. The standard InChI is InChI=1S/C21H29FN2O/c22-20-10-8-18(9-11-20)15-24-14-4-7-19(16-24)21(25)23-13-12-17-5-2-1-3-6-17/h5,8-11,19H,1-4,6-7,12-16H2,(H,23,25). The number of carbonyl (C=O) groups excluding carboxylic acids is 1. The molecule has 0 saturated carbocycles. The Hall–Kier alpha value is -1.68. The van der Waals surface area contributed by atoms with E-state index in [0.717, 1.165) is 51.0 Å². The van der Waals surface area contributed by atoms with Gasteiger partial charge < -0.3 is 5.32 Å². The molecule has 4 heteroatoms. The van der Waals surface area contributed by atoms with Gasteiger partial charge in [0.1, 0.15) is 5.82 Å². The minimum atomic E-state index is -0.201. The van der Waals surface area contributed by atoms with Crippen LogP contribution in [0, 0.1) is 11.7 Å². The molecular weight excluding hydrogens is 315 g/mol. The first-order valence-corrected chi connectivity index (χ1v) is 9.63. The minimum absolute atomic E-state index is 0.0783. The van der Waals surface area contributed by atoms with Crippen LogP contribution in [0.15, 0.2) is 35.9 Å². The van der Waals surface area contributed by atoms with E-state index < -0.39 is 0 Å². The molecule has 1 aliphatic heterocycles. The SMILES string of the molecule is O=C(NCCC1=CCCCC1)C1CCCN(Cc2ccc(F)cc2)C1. The molecule has 1 atom stereocenters. The maximum atomic E-state index is 13.0. The van der Waals surface area contributed by atoms with Crippen molar-refractivity contribution in [1.29, 1.82) is 0 Å². The summed E-state index contributed by atoms with van der Waals surface area (Å²) in [6.07, 6.45) is 10.4. The number of nitrogens with zero attached hydrogens (tertiary/aromatic N) is 1. The van der Waals surface area contributed by atoms with Gasteiger partial charge in [-0.15, -0.1) is 0 Å². The first-order chi connectivity index (χ1) is 12.2. The Balaban J connectivity index is 1.43. The Morgan fingerprint density at radius 1 is 1.20 bits per heavy atom. The summed E-state index contributed by atoms with van der Waals surface area (Å²) in [5, 5.41) is 3.14. The zero-order valence-corrected chi connectivity index (χ0v) is 15.0. The first kappa shape index (κ1) is 18.1. The second-order valence-corrected chi connectivity index (χ2v) is 7.35. The van der Waals surface area contributed by atoms with Crippen LogP contribution in [-0.4, -0.2) is 30.4 Å². The molecule has 1 heterocycles. The number of carbonyl (C=O) groups is 1. The summed E-state index contributed by atoms with van der Waals surface area (Å²) in [4.78, 5) is 14.8. The van der Waals surface area contributed by atoms with Gasteiger partial charge in [0.05, 0.1) is 5.92 Å². The first-order valence-electron chi connectivity index (χ1n) is 9.63.